The van der Waals surface area contributed by atoms with Crippen molar-refractivity contribution >= 4 is 17.7 Å². The van der Waals surface area contributed by atoms with Crippen LogP contribution in [0, 0.1) is 6.92 Å². The number of pyridine rings is 1. The van der Waals surface area contributed by atoms with Gasteiger partial charge in [-0.15, -0.1) is 0 Å². The van der Waals surface area contributed by atoms with E-state index < -0.39 is 5.91 Å². The maximum Gasteiger partial charge on any atom is 0.301 e. The van der Waals surface area contributed by atoms with Crippen LogP contribution in [-0.4, -0.2) is 15.9 Å². The Morgan fingerprint density at radius 1 is 1.44 bits per heavy atom. The molecule has 1 amide bonds. The van der Waals surface area contributed by atoms with E-state index in [2.05, 4.69) is 15.3 Å². The maximum absolute atomic E-state index is 11.6. The van der Waals surface area contributed by atoms with Crippen molar-refractivity contribution in [2.24, 2.45) is 0 Å². The lowest BCUT2D eigenvalue weighted by molar-refractivity contribution is 0.101. The molecule has 0 atom stereocenters. The standard InChI is InChI=1S/C10H10N4O2/c1-6-5-16-10(12-6)14-9(15)7-3-2-4-8(11)13-7/h2-5H,1H3,(H2,11,13)(H,12,14,15). The summed E-state index contributed by atoms with van der Waals surface area (Å²) in [6, 6.07) is 4.96. The summed E-state index contributed by atoms with van der Waals surface area (Å²) in [6.45, 7) is 1.76. The molecule has 0 aliphatic rings. The number of nitrogens with one attached hydrogen (secondary N) is 1. The molecule has 0 fully saturated rings. The molecule has 0 aliphatic heterocycles. The summed E-state index contributed by atoms with van der Waals surface area (Å²) < 4.78 is 4.98. The van der Waals surface area contributed by atoms with Crippen LogP contribution < -0.4 is 11.1 Å². The van der Waals surface area contributed by atoms with Crippen molar-refractivity contribution in [3.63, 3.8) is 0 Å². The summed E-state index contributed by atoms with van der Waals surface area (Å²) >= 11 is 0. The van der Waals surface area contributed by atoms with E-state index >= 15 is 0 Å². The number of amides is 1. The average Bonchev–Trinajstić information content (AvgIpc) is 2.64. The zero-order chi connectivity index (χ0) is 11.5. The van der Waals surface area contributed by atoms with Crippen molar-refractivity contribution in [2.75, 3.05) is 11.1 Å². The first-order valence-electron chi connectivity index (χ1n) is 4.61. The van der Waals surface area contributed by atoms with Gasteiger partial charge in [-0.25, -0.2) is 4.98 Å². The Balaban J connectivity index is 2.14. The molecule has 0 radical (unpaired) electrons. The van der Waals surface area contributed by atoms with Crippen LogP contribution in [0.5, 0.6) is 0 Å². The van der Waals surface area contributed by atoms with E-state index in [1.165, 1.54) is 6.26 Å². The van der Waals surface area contributed by atoms with Gasteiger partial charge in [0.05, 0.1) is 5.69 Å². The van der Waals surface area contributed by atoms with E-state index in [-0.39, 0.29) is 17.5 Å². The van der Waals surface area contributed by atoms with E-state index in [1.54, 1.807) is 25.1 Å². The van der Waals surface area contributed by atoms with Gasteiger partial charge in [0.15, 0.2) is 0 Å². The van der Waals surface area contributed by atoms with Crippen LogP contribution in [0.3, 0.4) is 0 Å². The van der Waals surface area contributed by atoms with E-state index in [0.717, 1.165) is 0 Å². The molecular weight excluding hydrogens is 208 g/mol. The highest BCUT2D eigenvalue weighted by atomic mass is 16.4. The number of hydrogen-bond acceptors (Lipinski definition) is 5. The number of carbonyl (C=O) groups excluding carboxylic acids is 1. The van der Waals surface area contributed by atoms with Crippen molar-refractivity contribution < 1.29 is 9.21 Å². The number of aryl methyl sites for hydroxylation is 1. The Morgan fingerprint density at radius 3 is 2.88 bits per heavy atom. The third-order valence-electron chi connectivity index (χ3n) is 1.84. The number of nitrogen functional groups attached to an aromatic ring is 1. The molecule has 0 spiro atoms. The molecule has 0 saturated carbocycles. The van der Waals surface area contributed by atoms with Gasteiger partial charge < -0.3 is 10.2 Å². The fourth-order valence-electron chi connectivity index (χ4n) is 1.15. The summed E-state index contributed by atoms with van der Waals surface area (Å²) in [6.07, 6.45) is 1.45. The molecule has 2 aromatic rings. The van der Waals surface area contributed by atoms with Gasteiger partial charge in [-0.3, -0.25) is 10.1 Å². The molecule has 0 saturated heterocycles. The second-order valence-corrected chi connectivity index (χ2v) is 3.20. The normalized spacial score (nSPS) is 10.1. The average molecular weight is 218 g/mol. The minimum absolute atomic E-state index is 0.145. The first-order chi connectivity index (χ1) is 7.65. The van der Waals surface area contributed by atoms with E-state index in [4.69, 9.17) is 10.2 Å². The lowest BCUT2D eigenvalue weighted by Crippen LogP contribution is -2.14. The molecule has 0 bridgehead atoms. The van der Waals surface area contributed by atoms with Gasteiger partial charge in [0.1, 0.15) is 17.8 Å². The van der Waals surface area contributed by atoms with Crippen molar-refractivity contribution in [2.45, 2.75) is 6.92 Å². The number of hydrogen-bond donors (Lipinski definition) is 2. The molecule has 0 unspecified atom stereocenters. The number of nitrogens with zero attached hydrogens (tertiary/aromatic N) is 2. The van der Waals surface area contributed by atoms with Crippen LogP contribution in [-0.2, 0) is 0 Å². The Kier molecular flexibility index (Phi) is 2.55. The van der Waals surface area contributed by atoms with Gasteiger partial charge in [-0.05, 0) is 19.1 Å². The predicted octanol–water partition coefficient (Wildman–Crippen LogP) is 1.21. The number of anilines is 2. The van der Waals surface area contributed by atoms with Crippen LogP contribution in [0.25, 0.3) is 0 Å². The summed E-state index contributed by atoms with van der Waals surface area (Å²) in [5.41, 5.74) is 6.37. The highest BCUT2D eigenvalue weighted by molar-refractivity contribution is 6.01. The Hall–Kier alpha value is -2.37. The van der Waals surface area contributed by atoms with Crippen molar-refractivity contribution in [3.8, 4) is 0 Å². The zero-order valence-corrected chi connectivity index (χ0v) is 8.60. The molecule has 3 N–H and O–H groups in total. The molecule has 0 aliphatic carbocycles. The first-order valence-corrected chi connectivity index (χ1v) is 4.61. The highest BCUT2D eigenvalue weighted by Gasteiger charge is 2.10. The Morgan fingerprint density at radius 2 is 2.25 bits per heavy atom. The number of nitrogens with two attached hydrogens (primary N) is 1. The van der Waals surface area contributed by atoms with Gasteiger partial charge >= 0.3 is 6.01 Å². The molecule has 2 rings (SSSR count). The summed E-state index contributed by atoms with van der Waals surface area (Å²) in [7, 11) is 0. The van der Waals surface area contributed by atoms with Gasteiger partial charge in [-0.2, -0.15) is 4.98 Å². The number of oxazole rings is 1. The Labute approximate surface area is 91.5 Å². The number of rotatable bonds is 2. The second kappa shape index (κ2) is 4.01. The lowest BCUT2D eigenvalue weighted by atomic mass is 10.3. The largest absolute Gasteiger partial charge is 0.432 e. The predicted molar refractivity (Wildman–Crippen MR) is 57.8 cm³/mol. The molecule has 6 heteroatoms. The lowest BCUT2D eigenvalue weighted by Gasteiger charge is -2.00. The van der Waals surface area contributed by atoms with Crippen molar-refractivity contribution in [1.82, 2.24) is 9.97 Å². The van der Waals surface area contributed by atoms with Gasteiger partial charge in [-0.1, -0.05) is 6.07 Å². The molecule has 2 aromatic heterocycles. The van der Waals surface area contributed by atoms with Gasteiger partial charge in [0.2, 0.25) is 0 Å². The summed E-state index contributed by atoms with van der Waals surface area (Å²) in [5.74, 6) is -0.120. The smallest absolute Gasteiger partial charge is 0.301 e. The third kappa shape index (κ3) is 2.17. The molecule has 82 valence electrons. The van der Waals surface area contributed by atoms with E-state index in [9.17, 15) is 4.79 Å². The fraction of sp³-hybridized carbons (Fsp3) is 0.100. The summed E-state index contributed by atoms with van der Waals surface area (Å²) in [4.78, 5) is 19.5. The van der Waals surface area contributed by atoms with Gasteiger partial charge in [0.25, 0.3) is 5.91 Å². The fourth-order valence-corrected chi connectivity index (χ4v) is 1.15. The van der Waals surface area contributed by atoms with Crippen LogP contribution in [0.15, 0.2) is 28.9 Å². The Bertz CT molecular complexity index is 521. The first kappa shape index (κ1) is 10.2. The molecule has 6 nitrogen and oxygen atoms in total. The quantitative estimate of drug-likeness (QED) is 0.790. The number of aromatic nitrogens is 2. The minimum atomic E-state index is -0.408. The molecule has 0 aromatic carbocycles. The summed E-state index contributed by atoms with van der Waals surface area (Å²) in [5, 5.41) is 2.47. The minimum Gasteiger partial charge on any atom is -0.432 e. The molecule has 16 heavy (non-hydrogen) atoms. The molecular formula is C10H10N4O2. The highest BCUT2D eigenvalue weighted by Crippen LogP contribution is 2.08. The second-order valence-electron chi connectivity index (χ2n) is 3.20. The van der Waals surface area contributed by atoms with Crippen LogP contribution >= 0.6 is 0 Å². The van der Waals surface area contributed by atoms with E-state index in [0.29, 0.717) is 5.69 Å². The topological polar surface area (TPSA) is 94.0 Å². The van der Waals surface area contributed by atoms with Crippen LogP contribution in [0.1, 0.15) is 16.2 Å². The van der Waals surface area contributed by atoms with Gasteiger partial charge in [0, 0.05) is 0 Å². The SMILES string of the molecule is Cc1coc(NC(=O)c2cccc(N)n2)n1. The maximum atomic E-state index is 11.6. The monoisotopic (exact) mass is 218 g/mol. The van der Waals surface area contributed by atoms with E-state index in [1.807, 2.05) is 0 Å². The van der Waals surface area contributed by atoms with Crippen LogP contribution in [0.2, 0.25) is 0 Å². The number of carbonyl (C=O) groups is 1. The zero-order valence-electron chi connectivity index (χ0n) is 8.60. The van der Waals surface area contributed by atoms with Crippen LogP contribution in [0.4, 0.5) is 11.8 Å². The molecule has 2 heterocycles. The van der Waals surface area contributed by atoms with Crippen molar-refractivity contribution in [1.29, 1.82) is 0 Å². The van der Waals surface area contributed by atoms with Crippen molar-refractivity contribution in [3.05, 3.63) is 35.9 Å². The third-order valence-corrected chi connectivity index (χ3v) is 1.84.